The molecule has 0 radical (unpaired) electrons. The van der Waals surface area contributed by atoms with E-state index in [0.717, 1.165) is 51.9 Å². The fraction of sp³-hybridized carbons (Fsp3) is 0.444. The maximum absolute atomic E-state index is 15.1. The van der Waals surface area contributed by atoms with Crippen molar-refractivity contribution in [1.82, 2.24) is 14.5 Å². The van der Waals surface area contributed by atoms with Gasteiger partial charge >= 0.3 is 5.97 Å². The molecular formula is C27H28FN3O3. The molecule has 0 fully saturated rings. The van der Waals surface area contributed by atoms with Crippen LogP contribution in [0.15, 0.2) is 16.9 Å². The highest BCUT2D eigenvalue weighted by Crippen LogP contribution is 2.46. The number of pyridine rings is 2. The number of aryl methyl sites for hydroxylation is 1. The summed E-state index contributed by atoms with van der Waals surface area (Å²) in [6.07, 6.45) is 2.91. The molecule has 2 aliphatic heterocycles. The summed E-state index contributed by atoms with van der Waals surface area (Å²) in [5.41, 5.74) is 7.34. The lowest BCUT2D eigenvalue weighted by atomic mass is 9.80. The first-order chi connectivity index (χ1) is 16.3. The van der Waals surface area contributed by atoms with Gasteiger partial charge in [0, 0.05) is 23.1 Å². The standard InChI is InChI=1S/C27H28FN3O3/c1-5-13-15-7-8-21(30(3)4)24-17-11-31-22(25(17)29-20(23(15)24)10-19(13)28)9-16-14(6-2)27(33)34-12-18(16)26(31)32/h9-10,14,21H,5-8,11-12H2,1-4H3. The van der Waals surface area contributed by atoms with Crippen molar-refractivity contribution >= 4 is 16.9 Å². The Labute approximate surface area is 197 Å². The number of ether oxygens (including phenoxy) is 1. The third-order valence-electron chi connectivity index (χ3n) is 7.98. The van der Waals surface area contributed by atoms with Gasteiger partial charge in [-0.15, -0.1) is 0 Å². The monoisotopic (exact) mass is 461 g/mol. The highest BCUT2D eigenvalue weighted by Gasteiger charge is 2.37. The molecule has 34 heavy (non-hydrogen) atoms. The topological polar surface area (TPSA) is 64.4 Å². The Morgan fingerprint density at radius 1 is 1.18 bits per heavy atom. The maximum Gasteiger partial charge on any atom is 0.313 e. The van der Waals surface area contributed by atoms with Gasteiger partial charge in [-0.05, 0) is 68.1 Å². The van der Waals surface area contributed by atoms with Crippen molar-refractivity contribution in [3.05, 3.63) is 61.7 Å². The van der Waals surface area contributed by atoms with E-state index in [9.17, 15) is 9.59 Å². The number of rotatable bonds is 3. The van der Waals surface area contributed by atoms with Gasteiger partial charge in [-0.2, -0.15) is 0 Å². The number of halogens is 1. The van der Waals surface area contributed by atoms with Gasteiger partial charge < -0.3 is 14.2 Å². The second-order valence-electron chi connectivity index (χ2n) is 9.86. The summed E-state index contributed by atoms with van der Waals surface area (Å²) in [7, 11) is 4.14. The summed E-state index contributed by atoms with van der Waals surface area (Å²) in [6, 6.07) is 3.67. The Morgan fingerprint density at radius 2 is 1.97 bits per heavy atom. The maximum atomic E-state index is 15.1. The zero-order chi connectivity index (χ0) is 23.9. The third-order valence-corrected chi connectivity index (χ3v) is 7.98. The van der Waals surface area contributed by atoms with Crippen LogP contribution in [0.1, 0.15) is 72.0 Å². The van der Waals surface area contributed by atoms with Crippen LogP contribution < -0.4 is 5.56 Å². The minimum Gasteiger partial charge on any atom is -0.460 e. The Kier molecular flexibility index (Phi) is 4.72. The van der Waals surface area contributed by atoms with E-state index in [0.29, 0.717) is 30.5 Å². The number of aromatic nitrogens is 2. The zero-order valence-corrected chi connectivity index (χ0v) is 20.0. The van der Waals surface area contributed by atoms with Gasteiger partial charge in [0.1, 0.15) is 12.4 Å². The van der Waals surface area contributed by atoms with Crippen molar-refractivity contribution in [2.45, 2.75) is 64.6 Å². The number of fused-ring (bicyclic) bond motifs is 5. The number of cyclic esters (lactones) is 1. The molecule has 0 N–H and O–H groups in total. The first kappa shape index (κ1) is 21.5. The third kappa shape index (κ3) is 2.73. The summed E-state index contributed by atoms with van der Waals surface area (Å²) in [4.78, 5) is 33.1. The lowest BCUT2D eigenvalue weighted by Crippen LogP contribution is -2.32. The first-order valence-corrected chi connectivity index (χ1v) is 12.1. The van der Waals surface area contributed by atoms with Gasteiger partial charge in [-0.25, -0.2) is 9.37 Å². The molecule has 3 aliphatic rings. The van der Waals surface area contributed by atoms with Crippen LogP contribution >= 0.6 is 0 Å². The predicted octanol–water partition coefficient (Wildman–Crippen LogP) is 4.23. The number of esters is 1. The van der Waals surface area contributed by atoms with Gasteiger partial charge in [-0.1, -0.05) is 13.8 Å². The molecule has 1 aliphatic carbocycles. The quantitative estimate of drug-likeness (QED) is 0.428. The molecule has 6 nitrogen and oxygen atoms in total. The molecule has 176 valence electrons. The lowest BCUT2D eigenvalue weighted by Gasteiger charge is -2.33. The van der Waals surface area contributed by atoms with Crippen LogP contribution in [0.4, 0.5) is 4.39 Å². The molecule has 2 unspecified atom stereocenters. The van der Waals surface area contributed by atoms with Crippen LogP contribution in [-0.4, -0.2) is 34.5 Å². The molecule has 0 spiro atoms. The molecule has 2 atom stereocenters. The van der Waals surface area contributed by atoms with E-state index < -0.39 is 5.92 Å². The molecule has 0 saturated carbocycles. The number of carbonyl (C=O) groups is 1. The van der Waals surface area contributed by atoms with Gasteiger partial charge in [0.25, 0.3) is 5.56 Å². The normalized spacial score (nSPS) is 20.4. The molecule has 0 saturated heterocycles. The number of hydrogen-bond acceptors (Lipinski definition) is 5. The van der Waals surface area contributed by atoms with Crippen LogP contribution in [0.2, 0.25) is 0 Å². The van der Waals surface area contributed by atoms with E-state index in [2.05, 4.69) is 19.0 Å². The van der Waals surface area contributed by atoms with Crippen LogP contribution in [0.3, 0.4) is 0 Å². The number of benzene rings is 1. The van der Waals surface area contributed by atoms with Crippen molar-refractivity contribution in [3.8, 4) is 11.4 Å². The van der Waals surface area contributed by atoms with E-state index in [1.54, 1.807) is 10.6 Å². The molecule has 2 aromatic heterocycles. The Bertz CT molecular complexity index is 1460. The molecule has 4 heterocycles. The SMILES string of the molecule is CCc1c(F)cc2nc3c(c4c2c1CCC4N(C)C)Cn1c-3cc2c(c1=O)COC(=O)C2CC. The summed E-state index contributed by atoms with van der Waals surface area (Å²) >= 11 is 0. The average molecular weight is 462 g/mol. The lowest BCUT2D eigenvalue weighted by molar-refractivity contribution is -0.148. The van der Waals surface area contributed by atoms with E-state index in [1.165, 1.54) is 5.56 Å². The number of carbonyl (C=O) groups excluding carboxylic acids is 1. The van der Waals surface area contributed by atoms with Crippen molar-refractivity contribution in [3.63, 3.8) is 0 Å². The Balaban J connectivity index is 1.69. The smallest absolute Gasteiger partial charge is 0.313 e. The van der Waals surface area contributed by atoms with Crippen LogP contribution in [0.25, 0.3) is 22.3 Å². The van der Waals surface area contributed by atoms with E-state index in [4.69, 9.17) is 9.72 Å². The zero-order valence-electron chi connectivity index (χ0n) is 20.0. The summed E-state index contributed by atoms with van der Waals surface area (Å²) in [6.45, 7) is 4.36. The summed E-state index contributed by atoms with van der Waals surface area (Å²) < 4.78 is 22.2. The van der Waals surface area contributed by atoms with Crippen LogP contribution in [0.5, 0.6) is 0 Å². The molecular weight excluding hydrogens is 433 g/mol. The second kappa shape index (κ2) is 7.47. The first-order valence-electron chi connectivity index (χ1n) is 12.1. The van der Waals surface area contributed by atoms with Gasteiger partial charge in [0.05, 0.1) is 34.9 Å². The molecule has 6 rings (SSSR count). The Morgan fingerprint density at radius 3 is 2.68 bits per heavy atom. The van der Waals surface area contributed by atoms with Gasteiger partial charge in [-0.3, -0.25) is 9.59 Å². The van der Waals surface area contributed by atoms with E-state index in [-0.39, 0.29) is 30.0 Å². The number of hydrogen-bond donors (Lipinski definition) is 0. The fourth-order valence-corrected chi connectivity index (χ4v) is 6.36. The molecule has 1 aromatic carbocycles. The predicted molar refractivity (Wildman–Crippen MR) is 127 cm³/mol. The number of nitrogens with zero attached hydrogens (tertiary/aromatic N) is 3. The average Bonchev–Trinajstić information content (AvgIpc) is 3.18. The minimum atomic E-state index is -0.448. The van der Waals surface area contributed by atoms with Crippen LogP contribution in [-0.2, 0) is 35.5 Å². The summed E-state index contributed by atoms with van der Waals surface area (Å²) in [5.74, 6) is -0.942. The largest absolute Gasteiger partial charge is 0.460 e. The minimum absolute atomic E-state index is 0.0118. The summed E-state index contributed by atoms with van der Waals surface area (Å²) in [5, 5.41) is 1.05. The molecule has 3 aromatic rings. The second-order valence-corrected chi connectivity index (χ2v) is 9.86. The van der Waals surface area contributed by atoms with Gasteiger partial charge in [0.15, 0.2) is 0 Å². The molecule has 7 heteroatoms. The van der Waals surface area contributed by atoms with Crippen LogP contribution in [0, 0.1) is 5.82 Å². The van der Waals surface area contributed by atoms with Crippen molar-refractivity contribution in [1.29, 1.82) is 0 Å². The Hall–Kier alpha value is -3.06. The highest BCUT2D eigenvalue weighted by molar-refractivity contribution is 5.93. The fourth-order valence-electron chi connectivity index (χ4n) is 6.36. The van der Waals surface area contributed by atoms with Crippen molar-refractivity contribution < 1.29 is 13.9 Å². The van der Waals surface area contributed by atoms with Crippen molar-refractivity contribution in [2.24, 2.45) is 0 Å². The molecule has 0 amide bonds. The highest BCUT2D eigenvalue weighted by atomic mass is 19.1. The van der Waals surface area contributed by atoms with Gasteiger partial charge in [0.2, 0.25) is 0 Å². The molecule has 0 bridgehead atoms. The van der Waals surface area contributed by atoms with Crippen molar-refractivity contribution in [2.75, 3.05) is 14.1 Å². The van der Waals surface area contributed by atoms with E-state index in [1.807, 2.05) is 19.9 Å². The van der Waals surface area contributed by atoms with E-state index >= 15 is 4.39 Å².